The molecule has 0 spiro atoms. The van der Waals surface area contributed by atoms with E-state index in [2.05, 4.69) is 138 Å². The van der Waals surface area contributed by atoms with E-state index in [-0.39, 0.29) is 5.91 Å². The normalized spacial score (nSPS) is 11.8. The van der Waals surface area contributed by atoms with Crippen molar-refractivity contribution in [3.05, 3.63) is 138 Å². The van der Waals surface area contributed by atoms with E-state index in [1.165, 1.54) is 33.4 Å². The summed E-state index contributed by atoms with van der Waals surface area (Å²) in [5.74, 6) is 0.516. The average molecular weight is 644 g/mol. The van der Waals surface area contributed by atoms with Crippen LogP contribution in [0.2, 0.25) is 0 Å². The fourth-order valence-corrected chi connectivity index (χ4v) is 5.83. The Labute approximate surface area is 283 Å². The number of allylic oxidation sites excluding steroid dienone is 1. The molecule has 8 heteroatoms. The number of ether oxygens (including phenoxy) is 1. The zero-order valence-corrected chi connectivity index (χ0v) is 27.9. The van der Waals surface area contributed by atoms with Crippen LogP contribution in [-0.4, -0.2) is 51.2 Å². The van der Waals surface area contributed by atoms with Crippen LogP contribution >= 0.6 is 0 Å². The summed E-state index contributed by atoms with van der Waals surface area (Å²) in [6.07, 6.45) is 5.71. The van der Waals surface area contributed by atoms with Gasteiger partial charge in [0.05, 0.1) is 6.20 Å². The molecule has 0 fully saturated rings. The Kier molecular flexibility index (Phi) is 12.7. The fraction of sp³-hybridized carbons (Fsp3) is 0.275. The van der Waals surface area contributed by atoms with Gasteiger partial charge >= 0.3 is 0 Å². The van der Waals surface area contributed by atoms with Gasteiger partial charge in [0.1, 0.15) is 18.1 Å². The number of carbonyl (C=O) groups is 1. The number of aromatic nitrogens is 3. The molecule has 5 rings (SSSR count). The van der Waals surface area contributed by atoms with Crippen molar-refractivity contribution in [2.24, 2.45) is 0 Å². The third kappa shape index (κ3) is 9.73. The Morgan fingerprint density at radius 2 is 1.50 bits per heavy atom. The monoisotopic (exact) mass is 643 g/mol. The molecule has 2 N–H and O–H groups in total. The van der Waals surface area contributed by atoms with Gasteiger partial charge in [0, 0.05) is 31.6 Å². The third-order valence-corrected chi connectivity index (χ3v) is 8.38. The van der Waals surface area contributed by atoms with Crippen molar-refractivity contribution in [3.63, 3.8) is 0 Å². The van der Waals surface area contributed by atoms with E-state index < -0.39 is 0 Å². The predicted octanol–water partition coefficient (Wildman–Crippen LogP) is 7.89. The lowest BCUT2D eigenvalue weighted by atomic mass is 9.88. The van der Waals surface area contributed by atoms with E-state index in [0.29, 0.717) is 13.0 Å². The van der Waals surface area contributed by atoms with Gasteiger partial charge in [0.25, 0.3) is 0 Å². The van der Waals surface area contributed by atoms with E-state index >= 15 is 0 Å². The van der Waals surface area contributed by atoms with Crippen LogP contribution in [-0.2, 0) is 17.9 Å². The molecule has 0 aliphatic carbocycles. The van der Waals surface area contributed by atoms with Gasteiger partial charge in [-0.15, -0.1) is 5.10 Å². The highest BCUT2D eigenvalue weighted by atomic mass is 16.5. The summed E-state index contributed by atoms with van der Waals surface area (Å²) in [6.45, 7) is 5.16. The molecule has 0 unspecified atom stereocenters. The number of hydrogen-bond acceptors (Lipinski definition) is 6. The largest absolute Gasteiger partial charge is 0.492 e. The summed E-state index contributed by atoms with van der Waals surface area (Å²) in [6, 6.07) is 38.2. The molecule has 248 valence electrons. The van der Waals surface area contributed by atoms with Gasteiger partial charge in [-0.05, 0) is 71.8 Å². The number of likely N-dealkylation sites (N-methyl/N-ethyl adjacent to an activating group) is 1. The molecule has 0 saturated heterocycles. The number of nitrogens with zero attached hydrogens (tertiary/aromatic N) is 4. The number of unbranched alkanes of at least 4 members (excludes halogenated alkanes) is 2. The third-order valence-electron chi connectivity index (χ3n) is 8.38. The highest BCUT2D eigenvalue weighted by Gasteiger charge is 2.13. The number of benzene rings is 4. The van der Waals surface area contributed by atoms with Gasteiger partial charge in [0.15, 0.2) is 0 Å². The first-order valence-electron chi connectivity index (χ1n) is 16.7. The summed E-state index contributed by atoms with van der Waals surface area (Å²) in [5.41, 5.74) is 11.0. The molecule has 0 atom stereocenters. The summed E-state index contributed by atoms with van der Waals surface area (Å²) < 4.78 is 8.00. The van der Waals surface area contributed by atoms with Crippen molar-refractivity contribution in [2.45, 2.75) is 52.1 Å². The predicted molar refractivity (Wildman–Crippen MR) is 191 cm³/mol. The molecule has 5 aromatic rings. The van der Waals surface area contributed by atoms with Crippen molar-refractivity contribution in [1.82, 2.24) is 25.4 Å². The first-order chi connectivity index (χ1) is 23.5. The van der Waals surface area contributed by atoms with Gasteiger partial charge < -0.3 is 4.74 Å². The summed E-state index contributed by atoms with van der Waals surface area (Å²) in [4.78, 5) is 13.4. The summed E-state index contributed by atoms with van der Waals surface area (Å²) in [7, 11) is 2.11. The maximum atomic E-state index is 11.1. The molecule has 1 heterocycles. The number of hydroxylamine groups is 1. The Balaban J connectivity index is 1.11. The van der Waals surface area contributed by atoms with E-state index in [4.69, 9.17) is 9.94 Å². The van der Waals surface area contributed by atoms with Gasteiger partial charge in [-0.1, -0.05) is 116 Å². The zero-order valence-electron chi connectivity index (χ0n) is 27.9. The zero-order chi connectivity index (χ0) is 33.6. The van der Waals surface area contributed by atoms with Crippen LogP contribution in [0, 0.1) is 0 Å². The number of hydrogen-bond donors (Lipinski definition) is 2. The van der Waals surface area contributed by atoms with Crippen molar-refractivity contribution in [2.75, 3.05) is 20.2 Å². The number of rotatable bonds is 17. The maximum absolute atomic E-state index is 11.1. The van der Waals surface area contributed by atoms with Crippen LogP contribution in [0.25, 0.3) is 22.4 Å². The molecule has 8 nitrogen and oxygen atoms in total. The minimum absolute atomic E-state index is 0.325. The lowest BCUT2D eigenvalue weighted by molar-refractivity contribution is -0.129. The minimum atomic E-state index is -0.349. The SMILES string of the molecule is CC/C(=C(/c1ccccc1)c1ccc(OCCN(C)Cc2ccc(-c3cn(CCCCCC(=O)NO)nn3)cc2)cc1)c1ccccc1. The van der Waals surface area contributed by atoms with E-state index in [0.717, 1.165) is 62.3 Å². The van der Waals surface area contributed by atoms with Gasteiger partial charge in [0.2, 0.25) is 5.91 Å². The number of amides is 1. The first kappa shape index (κ1) is 34.3. The molecule has 0 radical (unpaired) electrons. The first-order valence-corrected chi connectivity index (χ1v) is 16.7. The smallest absolute Gasteiger partial charge is 0.243 e. The summed E-state index contributed by atoms with van der Waals surface area (Å²) >= 11 is 0. The number of aryl methyl sites for hydroxylation is 1. The molecule has 0 saturated carbocycles. The topological polar surface area (TPSA) is 92.5 Å². The average Bonchev–Trinajstić information content (AvgIpc) is 3.60. The van der Waals surface area contributed by atoms with E-state index in [1.54, 1.807) is 5.48 Å². The van der Waals surface area contributed by atoms with Crippen molar-refractivity contribution >= 4 is 17.1 Å². The van der Waals surface area contributed by atoms with Crippen LogP contribution < -0.4 is 10.2 Å². The minimum Gasteiger partial charge on any atom is -0.492 e. The standard InChI is InChI=1S/C40H45N5O3/c1-3-37(32-13-7-4-8-14-32)40(34-15-9-5-10-16-34)35-22-24-36(25-23-35)48-28-27-44(2)29-31-18-20-33(21-19-31)38-30-45(43-41-38)26-12-6-11-17-39(46)42-47/h4-5,7-10,13-16,18-25,30,47H,3,6,11-12,17,26-29H2,1-2H3,(H,42,46)/b40-37+. The maximum Gasteiger partial charge on any atom is 0.243 e. The molecule has 0 aliphatic rings. The quantitative estimate of drug-likeness (QED) is 0.0463. The fourth-order valence-electron chi connectivity index (χ4n) is 5.83. The van der Waals surface area contributed by atoms with Crippen LogP contribution in [0.5, 0.6) is 5.75 Å². The molecule has 1 amide bonds. The van der Waals surface area contributed by atoms with E-state index in [1.807, 2.05) is 10.9 Å². The molecule has 48 heavy (non-hydrogen) atoms. The van der Waals surface area contributed by atoms with Gasteiger partial charge in [-0.3, -0.25) is 19.6 Å². The number of nitrogens with one attached hydrogen (secondary N) is 1. The summed E-state index contributed by atoms with van der Waals surface area (Å²) in [5, 5.41) is 17.1. The molecule has 1 aromatic heterocycles. The highest BCUT2D eigenvalue weighted by molar-refractivity contribution is 5.98. The molecular formula is C40H45N5O3. The van der Waals surface area contributed by atoms with Crippen molar-refractivity contribution < 1.29 is 14.7 Å². The Morgan fingerprint density at radius 1 is 0.833 bits per heavy atom. The highest BCUT2D eigenvalue weighted by Crippen LogP contribution is 2.35. The van der Waals surface area contributed by atoms with Crippen LogP contribution in [0.15, 0.2) is 115 Å². The van der Waals surface area contributed by atoms with Crippen LogP contribution in [0.4, 0.5) is 0 Å². The molecular weight excluding hydrogens is 598 g/mol. The molecule has 0 aliphatic heterocycles. The number of carbonyl (C=O) groups excluding carboxylic acids is 1. The van der Waals surface area contributed by atoms with Crippen molar-refractivity contribution in [3.8, 4) is 17.0 Å². The van der Waals surface area contributed by atoms with Crippen LogP contribution in [0.3, 0.4) is 0 Å². The van der Waals surface area contributed by atoms with Gasteiger partial charge in [-0.25, -0.2) is 5.48 Å². The van der Waals surface area contributed by atoms with Crippen molar-refractivity contribution in [1.29, 1.82) is 0 Å². The molecule has 4 aromatic carbocycles. The second kappa shape index (κ2) is 17.8. The second-order valence-electron chi connectivity index (χ2n) is 12.0. The van der Waals surface area contributed by atoms with E-state index in [9.17, 15) is 4.79 Å². The lowest BCUT2D eigenvalue weighted by Crippen LogP contribution is -2.23. The Morgan fingerprint density at radius 3 is 2.17 bits per heavy atom. The van der Waals surface area contributed by atoms with Crippen LogP contribution in [0.1, 0.15) is 61.3 Å². The lowest BCUT2D eigenvalue weighted by Gasteiger charge is -2.18. The Hall–Kier alpha value is -5.05. The second-order valence-corrected chi connectivity index (χ2v) is 12.0. The van der Waals surface area contributed by atoms with Gasteiger partial charge in [-0.2, -0.15) is 0 Å². The molecule has 0 bridgehead atoms. The Bertz CT molecular complexity index is 1730.